The Morgan fingerprint density at radius 3 is 2.57 bits per heavy atom. The van der Waals surface area contributed by atoms with Crippen LogP contribution in [0, 0.1) is 11.8 Å². The van der Waals surface area contributed by atoms with Crippen molar-refractivity contribution >= 4 is 15.7 Å². The van der Waals surface area contributed by atoms with E-state index in [4.69, 9.17) is 5.11 Å². The first kappa shape index (κ1) is 15.0. The Hall–Kier alpha value is -2.36. The molecule has 21 heavy (non-hydrogen) atoms. The van der Waals surface area contributed by atoms with Gasteiger partial charge in [-0.05, 0) is 36.4 Å². The van der Waals surface area contributed by atoms with Crippen LogP contribution in [0.5, 0.6) is 0 Å². The third-order valence-corrected chi connectivity index (χ3v) is 3.92. The third kappa shape index (κ3) is 4.31. The minimum Gasteiger partial charge on any atom is -0.395 e. The molecule has 2 aromatic rings. The minimum atomic E-state index is -3.63. The van der Waals surface area contributed by atoms with E-state index in [0.717, 1.165) is 5.56 Å². The summed E-state index contributed by atoms with van der Waals surface area (Å²) in [5.74, 6) is 5.67. The topological polar surface area (TPSA) is 79.3 Å². The van der Waals surface area contributed by atoms with Gasteiger partial charge in [-0.1, -0.05) is 11.8 Å². The van der Waals surface area contributed by atoms with Gasteiger partial charge in [0.2, 0.25) is 0 Å². The number of hydrogen-bond acceptors (Lipinski definition) is 4. The van der Waals surface area contributed by atoms with Gasteiger partial charge < -0.3 is 5.11 Å². The molecular weight excluding hydrogens is 288 g/mol. The number of aliphatic hydroxyl groups excluding tert-OH is 1. The smallest absolute Gasteiger partial charge is 0.263 e. The highest BCUT2D eigenvalue weighted by Gasteiger charge is 2.13. The van der Waals surface area contributed by atoms with Crippen LogP contribution in [0.3, 0.4) is 0 Å². The van der Waals surface area contributed by atoms with E-state index in [2.05, 4.69) is 21.5 Å². The number of anilines is 1. The van der Waals surface area contributed by atoms with Crippen molar-refractivity contribution in [3.05, 3.63) is 54.4 Å². The predicted octanol–water partition coefficient (Wildman–Crippen LogP) is 1.62. The molecule has 1 aromatic carbocycles. The molecule has 0 amide bonds. The molecule has 0 spiro atoms. The van der Waals surface area contributed by atoms with E-state index >= 15 is 0 Å². The zero-order valence-electron chi connectivity index (χ0n) is 11.2. The molecule has 0 aliphatic heterocycles. The van der Waals surface area contributed by atoms with Crippen LogP contribution >= 0.6 is 0 Å². The maximum Gasteiger partial charge on any atom is 0.263 e. The number of sulfonamides is 1. The van der Waals surface area contributed by atoms with Crippen LogP contribution in [-0.2, 0) is 10.0 Å². The minimum absolute atomic E-state index is 0.0238. The maximum atomic E-state index is 12.1. The Bertz CT molecular complexity index is 745. The normalized spacial score (nSPS) is 10.5. The molecular formula is C15H14N2O3S. The Morgan fingerprint density at radius 1 is 1.19 bits per heavy atom. The largest absolute Gasteiger partial charge is 0.395 e. The SMILES string of the molecule is O=S(=O)(Nc1ccc(C#CCCO)cc1)c1cccnc1. The van der Waals surface area contributed by atoms with Crippen LogP contribution in [0.15, 0.2) is 53.7 Å². The standard InChI is InChI=1S/C15H14N2O3S/c18-11-2-1-4-13-6-8-14(9-7-13)17-21(19,20)15-5-3-10-16-12-15/h3,5-10,12,17-18H,2,11H2. The molecule has 2 N–H and O–H groups in total. The number of nitrogens with zero attached hydrogens (tertiary/aromatic N) is 1. The summed E-state index contributed by atoms with van der Waals surface area (Å²) in [6.07, 6.45) is 3.21. The van der Waals surface area contributed by atoms with Crippen molar-refractivity contribution in [1.29, 1.82) is 0 Å². The Kier molecular flexibility index (Phi) is 4.93. The van der Waals surface area contributed by atoms with Crippen molar-refractivity contribution in [3.8, 4) is 11.8 Å². The van der Waals surface area contributed by atoms with E-state index in [1.54, 1.807) is 30.3 Å². The van der Waals surface area contributed by atoms with E-state index in [1.165, 1.54) is 18.5 Å². The van der Waals surface area contributed by atoms with E-state index in [1.807, 2.05) is 0 Å². The molecule has 0 aliphatic rings. The summed E-state index contributed by atoms with van der Waals surface area (Å²) in [5, 5.41) is 8.64. The molecule has 0 atom stereocenters. The van der Waals surface area contributed by atoms with Gasteiger partial charge >= 0.3 is 0 Å². The lowest BCUT2D eigenvalue weighted by Gasteiger charge is -2.07. The predicted molar refractivity (Wildman–Crippen MR) is 80.1 cm³/mol. The maximum absolute atomic E-state index is 12.1. The summed E-state index contributed by atoms with van der Waals surface area (Å²) in [7, 11) is -3.63. The average molecular weight is 302 g/mol. The summed E-state index contributed by atoms with van der Waals surface area (Å²) in [5.41, 5.74) is 1.21. The van der Waals surface area contributed by atoms with Gasteiger partial charge in [-0.15, -0.1) is 0 Å². The molecule has 5 nitrogen and oxygen atoms in total. The van der Waals surface area contributed by atoms with Crippen molar-refractivity contribution in [1.82, 2.24) is 4.98 Å². The molecule has 1 heterocycles. The Labute approximate surface area is 123 Å². The second-order valence-electron chi connectivity index (χ2n) is 4.15. The molecule has 0 bridgehead atoms. The Morgan fingerprint density at radius 2 is 1.95 bits per heavy atom. The molecule has 0 saturated carbocycles. The fourth-order valence-corrected chi connectivity index (χ4v) is 2.58. The zero-order chi connectivity index (χ0) is 15.1. The molecule has 0 radical (unpaired) electrons. The molecule has 108 valence electrons. The molecule has 0 aliphatic carbocycles. The summed E-state index contributed by atoms with van der Waals surface area (Å²) >= 11 is 0. The molecule has 0 unspecified atom stereocenters. The highest BCUT2D eigenvalue weighted by Crippen LogP contribution is 2.15. The van der Waals surface area contributed by atoms with Gasteiger partial charge in [0.05, 0.1) is 6.61 Å². The van der Waals surface area contributed by atoms with Crippen LogP contribution in [0.1, 0.15) is 12.0 Å². The number of pyridine rings is 1. The molecule has 1 aromatic heterocycles. The Balaban J connectivity index is 2.12. The van der Waals surface area contributed by atoms with Crippen LogP contribution in [0.25, 0.3) is 0 Å². The van der Waals surface area contributed by atoms with Crippen LogP contribution in [-0.4, -0.2) is 25.1 Å². The molecule has 0 fully saturated rings. The summed E-state index contributed by atoms with van der Waals surface area (Å²) in [4.78, 5) is 3.90. The van der Waals surface area contributed by atoms with E-state index in [9.17, 15) is 8.42 Å². The number of hydrogen-bond donors (Lipinski definition) is 2. The lowest BCUT2D eigenvalue weighted by Crippen LogP contribution is -2.12. The number of benzene rings is 1. The number of aliphatic hydroxyl groups is 1. The van der Waals surface area contributed by atoms with Gasteiger partial charge in [0.25, 0.3) is 10.0 Å². The van der Waals surface area contributed by atoms with E-state index in [-0.39, 0.29) is 11.5 Å². The highest BCUT2D eigenvalue weighted by atomic mass is 32.2. The summed E-state index contributed by atoms with van der Waals surface area (Å²) in [6.45, 7) is 0.0238. The molecule has 6 heteroatoms. The third-order valence-electron chi connectivity index (χ3n) is 2.55. The van der Waals surface area contributed by atoms with Crippen molar-refractivity contribution in [2.75, 3.05) is 11.3 Å². The number of nitrogens with one attached hydrogen (secondary N) is 1. The second-order valence-corrected chi connectivity index (χ2v) is 5.83. The first-order chi connectivity index (χ1) is 10.1. The van der Waals surface area contributed by atoms with E-state index in [0.29, 0.717) is 12.1 Å². The molecule has 2 rings (SSSR count). The van der Waals surface area contributed by atoms with Crippen LogP contribution in [0.2, 0.25) is 0 Å². The van der Waals surface area contributed by atoms with Crippen molar-refractivity contribution < 1.29 is 13.5 Å². The van der Waals surface area contributed by atoms with Gasteiger partial charge in [-0.2, -0.15) is 0 Å². The fraction of sp³-hybridized carbons (Fsp3) is 0.133. The van der Waals surface area contributed by atoms with Crippen LogP contribution < -0.4 is 4.72 Å². The first-order valence-electron chi connectivity index (χ1n) is 6.24. The quantitative estimate of drug-likeness (QED) is 0.841. The van der Waals surface area contributed by atoms with Gasteiger partial charge in [0.15, 0.2) is 0 Å². The van der Waals surface area contributed by atoms with Gasteiger partial charge in [0.1, 0.15) is 4.90 Å². The van der Waals surface area contributed by atoms with Crippen molar-refractivity contribution in [2.24, 2.45) is 0 Å². The van der Waals surface area contributed by atoms with E-state index < -0.39 is 10.0 Å². The lowest BCUT2D eigenvalue weighted by atomic mass is 10.2. The lowest BCUT2D eigenvalue weighted by molar-refractivity contribution is 0.305. The number of aromatic nitrogens is 1. The van der Waals surface area contributed by atoms with Gasteiger partial charge in [-0.3, -0.25) is 9.71 Å². The second kappa shape index (κ2) is 6.88. The van der Waals surface area contributed by atoms with Gasteiger partial charge in [0, 0.05) is 30.1 Å². The average Bonchev–Trinajstić information content (AvgIpc) is 2.50. The number of rotatable bonds is 4. The van der Waals surface area contributed by atoms with Crippen molar-refractivity contribution in [2.45, 2.75) is 11.3 Å². The monoisotopic (exact) mass is 302 g/mol. The van der Waals surface area contributed by atoms with Crippen molar-refractivity contribution in [3.63, 3.8) is 0 Å². The highest BCUT2D eigenvalue weighted by molar-refractivity contribution is 7.92. The first-order valence-corrected chi connectivity index (χ1v) is 7.73. The van der Waals surface area contributed by atoms with Gasteiger partial charge in [-0.25, -0.2) is 8.42 Å². The summed E-state index contributed by atoms with van der Waals surface area (Å²) in [6, 6.07) is 9.74. The molecule has 0 saturated heterocycles. The zero-order valence-corrected chi connectivity index (χ0v) is 12.0. The fourth-order valence-electron chi connectivity index (χ4n) is 1.56. The van der Waals surface area contributed by atoms with Crippen LogP contribution in [0.4, 0.5) is 5.69 Å². The summed E-state index contributed by atoms with van der Waals surface area (Å²) < 4.78 is 26.7.